The predicted octanol–water partition coefficient (Wildman–Crippen LogP) is 1.12. The van der Waals surface area contributed by atoms with E-state index in [1.165, 1.54) is 0 Å². The second-order valence-corrected chi connectivity index (χ2v) is 6.21. The number of hydrogen-bond donors (Lipinski definition) is 3. The molecule has 3 N–H and O–H groups in total. The number of aromatic amines is 1. The molecule has 0 aromatic carbocycles. The Hall–Kier alpha value is -1.82. The summed E-state index contributed by atoms with van der Waals surface area (Å²) in [6.07, 6.45) is 3.48. The van der Waals surface area contributed by atoms with Crippen LogP contribution >= 0.6 is 0 Å². The van der Waals surface area contributed by atoms with Gasteiger partial charge in [0.2, 0.25) is 5.91 Å². The number of H-pyrrole nitrogens is 1. The van der Waals surface area contributed by atoms with Crippen LogP contribution < -0.4 is 10.6 Å². The van der Waals surface area contributed by atoms with Gasteiger partial charge in [-0.2, -0.15) is 0 Å². The van der Waals surface area contributed by atoms with Crippen molar-refractivity contribution in [3.8, 4) is 0 Å². The van der Waals surface area contributed by atoms with Crippen molar-refractivity contribution >= 4 is 11.8 Å². The van der Waals surface area contributed by atoms with E-state index in [1.54, 1.807) is 12.3 Å². The minimum absolute atomic E-state index is 0.0611. The highest BCUT2D eigenvalue weighted by atomic mass is 16.2. The molecule has 1 aromatic rings. The molecule has 1 aliphatic heterocycles. The van der Waals surface area contributed by atoms with Crippen LogP contribution in [-0.2, 0) is 4.79 Å². The van der Waals surface area contributed by atoms with E-state index in [0.717, 1.165) is 25.9 Å². The Balaban J connectivity index is 1.78. The van der Waals surface area contributed by atoms with Gasteiger partial charge in [0, 0.05) is 31.4 Å². The van der Waals surface area contributed by atoms with Gasteiger partial charge < -0.3 is 15.6 Å². The van der Waals surface area contributed by atoms with Crippen LogP contribution in [0.1, 0.15) is 44.1 Å². The van der Waals surface area contributed by atoms with Gasteiger partial charge in [-0.3, -0.25) is 14.5 Å². The van der Waals surface area contributed by atoms with E-state index in [1.807, 2.05) is 26.8 Å². The average molecular weight is 306 g/mol. The Kier molecular flexibility index (Phi) is 5.60. The maximum absolute atomic E-state index is 12.0. The van der Waals surface area contributed by atoms with Gasteiger partial charge in [0.25, 0.3) is 5.91 Å². The number of nitrogens with one attached hydrogen (secondary N) is 3. The molecule has 0 aliphatic carbocycles. The lowest BCUT2D eigenvalue weighted by Gasteiger charge is -2.35. The lowest BCUT2D eigenvalue weighted by molar-refractivity contribution is -0.126. The highest BCUT2D eigenvalue weighted by Gasteiger charge is 2.27. The van der Waals surface area contributed by atoms with Crippen LogP contribution in [0.15, 0.2) is 18.3 Å². The molecular formula is C16H26N4O2. The first-order chi connectivity index (χ1) is 10.5. The molecule has 1 unspecified atom stereocenters. The maximum Gasteiger partial charge on any atom is 0.267 e. The van der Waals surface area contributed by atoms with Gasteiger partial charge in [0.1, 0.15) is 5.69 Å². The fourth-order valence-corrected chi connectivity index (χ4v) is 2.74. The Labute approximate surface area is 131 Å². The number of carbonyl (C=O) groups excluding carboxylic acids is 2. The van der Waals surface area contributed by atoms with E-state index < -0.39 is 0 Å². The summed E-state index contributed by atoms with van der Waals surface area (Å²) >= 11 is 0. The molecule has 0 spiro atoms. The van der Waals surface area contributed by atoms with Crippen LogP contribution in [0.3, 0.4) is 0 Å². The highest BCUT2D eigenvalue weighted by Crippen LogP contribution is 2.14. The number of hydrogen-bond acceptors (Lipinski definition) is 3. The second kappa shape index (κ2) is 7.45. The van der Waals surface area contributed by atoms with Gasteiger partial charge in [0.05, 0.1) is 6.04 Å². The maximum atomic E-state index is 12.0. The van der Waals surface area contributed by atoms with Crippen LogP contribution in [0.4, 0.5) is 0 Å². The highest BCUT2D eigenvalue weighted by molar-refractivity contribution is 5.92. The summed E-state index contributed by atoms with van der Waals surface area (Å²) < 4.78 is 0. The minimum atomic E-state index is -0.123. The fraction of sp³-hybridized carbons (Fsp3) is 0.625. The average Bonchev–Trinajstić information content (AvgIpc) is 3.01. The van der Waals surface area contributed by atoms with Crippen molar-refractivity contribution < 1.29 is 9.59 Å². The summed E-state index contributed by atoms with van der Waals surface area (Å²) in [6.45, 7) is 7.51. The number of nitrogens with zero attached hydrogens (tertiary/aromatic N) is 1. The van der Waals surface area contributed by atoms with Gasteiger partial charge in [0.15, 0.2) is 0 Å². The first-order valence-corrected chi connectivity index (χ1v) is 7.96. The zero-order valence-electron chi connectivity index (χ0n) is 13.6. The number of amides is 2. The van der Waals surface area contributed by atoms with Gasteiger partial charge in [-0.1, -0.05) is 0 Å². The molecule has 1 fully saturated rings. The van der Waals surface area contributed by atoms with E-state index in [0.29, 0.717) is 5.69 Å². The molecular weight excluding hydrogens is 280 g/mol. The van der Waals surface area contributed by atoms with Crippen molar-refractivity contribution in [3.05, 3.63) is 24.0 Å². The summed E-state index contributed by atoms with van der Waals surface area (Å²) in [5.41, 5.74) is 0.590. The third kappa shape index (κ3) is 4.34. The second-order valence-electron chi connectivity index (χ2n) is 6.21. The Morgan fingerprint density at radius 1 is 1.27 bits per heavy atom. The van der Waals surface area contributed by atoms with E-state index in [2.05, 4.69) is 20.5 Å². The van der Waals surface area contributed by atoms with Crippen molar-refractivity contribution in [2.45, 2.75) is 51.7 Å². The molecule has 0 radical (unpaired) electrons. The molecule has 2 rings (SSSR count). The zero-order valence-corrected chi connectivity index (χ0v) is 13.6. The summed E-state index contributed by atoms with van der Waals surface area (Å²) in [5, 5.41) is 5.99. The van der Waals surface area contributed by atoms with Crippen LogP contribution in [0.25, 0.3) is 0 Å². The fourth-order valence-electron chi connectivity index (χ4n) is 2.74. The first kappa shape index (κ1) is 16.5. The lowest BCUT2D eigenvalue weighted by Crippen LogP contribution is -2.52. The van der Waals surface area contributed by atoms with E-state index in [-0.39, 0.29) is 29.9 Å². The Morgan fingerprint density at radius 3 is 2.50 bits per heavy atom. The van der Waals surface area contributed by atoms with Crippen molar-refractivity contribution in [1.29, 1.82) is 0 Å². The molecule has 2 heterocycles. The predicted molar refractivity (Wildman–Crippen MR) is 85.6 cm³/mol. The molecule has 122 valence electrons. The molecule has 6 heteroatoms. The van der Waals surface area contributed by atoms with Crippen LogP contribution in [0, 0.1) is 0 Å². The molecule has 6 nitrogen and oxygen atoms in total. The van der Waals surface area contributed by atoms with Gasteiger partial charge in [-0.15, -0.1) is 0 Å². The quantitative estimate of drug-likeness (QED) is 0.763. The monoisotopic (exact) mass is 306 g/mol. The SMILES string of the molecule is CC(C)NC(=O)C(C)N1CCC(NC(=O)c2ccc[nH]2)CC1. The first-order valence-electron chi connectivity index (χ1n) is 7.96. The lowest BCUT2D eigenvalue weighted by atomic mass is 10.0. The van der Waals surface area contributed by atoms with Crippen molar-refractivity contribution in [3.63, 3.8) is 0 Å². The third-order valence-corrected chi connectivity index (χ3v) is 4.07. The number of carbonyl (C=O) groups is 2. The van der Waals surface area contributed by atoms with Crippen LogP contribution in [-0.4, -0.2) is 52.9 Å². The number of aromatic nitrogens is 1. The zero-order chi connectivity index (χ0) is 16.1. The van der Waals surface area contributed by atoms with E-state index in [9.17, 15) is 9.59 Å². The Morgan fingerprint density at radius 2 is 1.95 bits per heavy atom. The molecule has 1 aliphatic rings. The van der Waals surface area contributed by atoms with Crippen molar-refractivity contribution in [1.82, 2.24) is 20.5 Å². The Bertz CT molecular complexity index is 490. The van der Waals surface area contributed by atoms with Gasteiger partial charge >= 0.3 is 0 Å². The summed E-state index contributed by atoms with van der Waals surface area (Å²) in [7, 11) is 0. The minimum Gasteiger partial charge on any atom is -0.357 e. The smallest absolute Gasteiger partial charge is 0.267 e. The number of rotatable bonds is 5. The normalized spacial score (nSPS) is 18.2. The van der Waals surface area contributed by atoms with E-state index >= 15 is 0 Å². The molecule has 1 saturated heterocycles. The molecule has 0 saturated carbocycles. The molecule has 1 atom stereocenters. The topological polar surface area (TPSA) is 77.2 Å². The summed E-state index contributed by atoms with van der Waals surface area (Å²) in [5.74, 6) is 0.0120. The van der Waals surface area contributed by atoms with E-state index in [4.69, 9.17) is 0 Å². The van der Waals surface area contributed by atoms with Gasteiger partial charge in [-0.25, -0.2) is 0 Å². The van der Waals surface area contributed by atoms with Gasteiger partial charge in [-0.05, 0) is 45.7 Å². The molecule has 0 bridgehead atoms. The number of piperidine rings is 1. The van der Waals surface area contributed by atoms with Crippen LogP contribution in [0.2, 0.25) is 0 Å². The van der Waals surface area contributed by atoms with Crippen molar-refractivity contribution in [2.24, 2.45) is 0 Å². The molecule has 1 aromatic heterocycles. The molecule has 22 heavy (non-hydrogen) atoms. The standard InChI is InChI=1S/C16H26N4O2/c1-11(2)18-15(21)12(3)20-9-6-13(7-10-20)19-16(22)14-5-4-8-17-14/h4-5,8,11-13,17H,6-7,9-10H2,1-3H3,(H,18,21)(H,19,22). The van der Waals surface area contributed by atoms with Crippen molar-refractivity contribution in [2.75, 3.05) is 13.1 Å². The summed E-state index contributed by atoms with van der Waals surface area (Å²) in [4.78, 5) is 29.1. The largest absolute Gasteiger partial charge is 0.357 e. The summed E-state index contributed by atoms with van der Waals surface area (Å²) in [6, 6.07) is 3.79. The van der Waals surface area contributed by atoms with Crippen LogP contribution in [0.5, 0.6) is 0 Å². The molecule has 2 amide bonds. The number of likely N-dealkylation sites (tertiary alicyclic amines) is 1. The third-order valence-electron chi connectivity index (χ3n) is 4.07.